The van der Waals surface area contributed by atoms with Crippen LogP contribution in [0.3, 0.4) is 0 Å². The highest BCUT2D eigenvalue weighted by molar-refractivity contribution is 7.89. The van der Waals surface area contributed by atoms with E-state index in [0.29, 0.717) is 36.4 Å². The highest BCUT2D eigenvalue weighted by Gasteiger charge is 2.27. The van der Waals surface area contributed by atoms with E-state index in [1.807, 2.05) is 22.9 Å². The molecule has 32 heavy (non-hydrogen) atoms. The molecule has 1 aliphatic rings. The summed E-state index contributed by atoms with van der Waals surface area (Å²) in [6.45, 7) is 3.56. The van der Waals surface area contributed by atoms with E-state index in [9.17, 15) is 13.2 Å². The van der Waals surface area contributed by atoms with E-state index >= 15 is 0 Å². The molecule has 7 nitrogen and oxygen atoms in total. The number of imidazole rings is 1. The van der Waals surface area contributed by atoms with Gasteiger partial charge in [0.1, 0.15) is 0 Å². The van der Waals surface area contributed by atoms with Gasteiger partial charge in [0.25, 0.3) is 5.91 Å². The van der Waals surface area contributed by atoms with Crippen molar-refractivity contribution in [3.8, 4) is 0 Å². The van der Waals surface area contributed by atoms with Gasteiger partial charge in [-0.1, -0.05) is 31.0 Å². The van der Waals surface area contributed by atoms with E-state index in [0.717, 1.165) is 31.2 Å². The third kappa shape index (κ3) is 5.08. The molecule has 3 aromatic rings. The second-order valence-electron chi connectivity index (χ2n) is 8.18. The van der Waals surface area contributed by atoms with Crippen LogP contribution in [0.5, 0.6) is 0 Å². The molecular formula is C24H28N4O3S. The van der Waals surface area contributed by atoms with Gasteiger partial charge in [0.15, 0.2) is 0 Å². The molecule has 8 heteroatoms. The topological polar surface area (TPSA) is 84.3 Å². The second-order valence-corrected chi connectivity index (χ2v) is 10.1. The van der Waals surface area contributed by atoms with Gasteiger partial charge >= 0.3 is 0 Å². The van der Waals surface area contributed by atoms with Gasteiger partial charge in [0.05, 0.1) is 11.2 Å². The van der Waals surface area contributed by atoms with Crippen LogP contribution < -0.4 is 5.32 Å². The summed E-state index contributed by atoms with van der Waals surface area (Å²) in [6.07, 6.45) is 9.23. The van der Waals surface area contributed by atoms with Crippen LogP contribution >= 0.6 is 0 Å². The highest BCUT2D eigenvalue weighted by Crippen LogP contribution is 2.26. The number of anilines is 1. The average Bonchev–Trinajstić information content (AvgIpc) is 3.13. The second kappa shape index (κ2) is 9.67. The molecule has 1 amide bonds. The normalized spacial score (nSPS) is 15.3. The zero-order chi connectivity index (χ0) is 22.6. The smallest absolute Gasteiger partial charge is 0.255 e. The summed E-state index contributed by atoms with van der Waals surface area (Å²) in [5.74, 6) is -0.277. The van der Waals surface area contributed by atoms with Gasteiger partial charge in [-0.15, -0.1) is 0 Å². The van der Waals surface area contributed by atoms with Gasteiger partial charge in [-0.05, 0) is 55.2 Å². The molecule has 2 aromatic carbocycles. The molecule has 1 fully saturated rings. The summed E-state index contributed by atoms with van der Waals surface area (Å²) < 4.78 is 30.0. The van der Waals surface area contributed by atoms with Crippen molar-refractivity contribution in [2.45, 2.75) is 44.0 Å². The first-order chi connectivity index (χ1) is 15.4. The Balaban J connectivity index is 1.49. The van der Waals surface area contributed by atoms with Crippen LogP contribution in [0.15, 0.2) is 66.1 Å². The lowest BCUT2D eigenvalue weighted by molar-refractivity contribution is 0.102. The number of benzene rings is 2. The molecule has 0 bridgehead atoms. The van der Waals surface area contributed by atoms with E-state index in [4.69, 9.17) is 0 Å². The fourth-order valence-corrected chi connectivity index (χ4v) is 5.70. The van der Waals surface area contributed by atoms with Crippen molar-refractivity contribution in [1.82, 2.24) is 13.9 Å². The van der Waals surface area contributed by atoms with E-state index in [1.54, 1.807) is 54.1 Å². The van der Waals surface area contributed by atoms with Crippen molar-refractivity contribution >= 4 is 21.6 Å². The molecule has 0 spiro atoms. The van der Waals surface area contributed by atoms with Crippen LogP contribution in [0.25, 0.3) is 0 Å². The maximum atomic E-state index is 13.2. The minimum Gasteiger partial charge on any atom is -0.333 e. The number of rotatable bonds is 6. The molecule has 168 valence electrons. The molecule has 0 unspecified atom stereocenters. The molecule has 0 saturated carbocycles. The number of amides is 1. The Morgan fingerprint density at radius 1 is 1.03 bits per heavy atom. The number of hydrogen-bond acceptors (Lipinski definition) is 4. The van der Waals surface area contributed by atoms with E-state index < -0.39 is 10.0 Å². The lowest BCUT2D eigenvalue weighted by Crippen LogP contribution is -2.32. The number of aromatic nitrogens is 2. The highest BCUT2D eigenvalue weighted by atomic mass is 32.2. The molecule has 1 aromatic heterocycles. The quantitative estimate of drug-likeness (QED) is 0.611. The Hall–Kier alpha value is -2.97. The summed E-state index contributed by atoms with van der Waals surface area (Å²) in [4.78, 5) is 17.0. The lowest BCUT2D eigenvalue weighted by atomic mass is 10.1. The number of carbonyl (C=O) groups excluding carboxylic acids is 1. The largest absolute Gasteiger partial charge is 0.333 e. The Morgan fingerprint density at radius 3 is 2.41 bits per heavy atom. The minimum atomic E-state index is -3.59. The van der Waals surface area contributed by atoms with Crippen molar-refractivity contribution in [2.24, 2.45) is 0 Å². The van der Waals surface area contributed by atoms with Crippen molar-refractivity contribution in [2.75, 3.05) is 18.4 Å². The van der Waals surface area contributed by atoms with Crippen LogP contribution in [-0.2, 0) is 16.6 Å². The van der Waals surface area contributed by atoms with Crippen molar-refractivity contribution < 1.29 is 13.2 Å². The Labute approximate surface area is 189 Å². The van der Waals surface area contributed by atoms with Gasteiger partial charge in [-0.3, -0.25) is 4.79 Å². The first-order valence-electron chi connectivity index (χ1n) is 10.9. The van der Waals surface area contributed by atoms with Gasteiger partial charge in [0, 0.05) is 43.3 Å². The molecule has 2 heterocycles. The zero-order valence-electron chi connectivity index (χ0n) is 18.2. The summed E-state index contributed by atoms with van der Waals surface area (Å²) in [5, 5.41) is 2.84. The molecule has 0 atom stereocenters. The zero-order valence-corrected chi connectivity index (χ0v) is 19.0. The number of aryl methyl sites for hydroxylation is 1. The third-order valence-corrected chi connectivity index (χ3v) is 7.81. The maximum Gasteiger partial charge on any atom is 0.255 e. The first kappa shape index (κ1) is 22.2. The monoisotopic (exact) mass is 452 g/mol. The molecular weight excluding hydrogens is 424 g/mol. The number of sulfonamides is 1. The predicted octanol–water partition coefficient (Wildman–Crippen LogP) is 4.06. The number of nitrogens with one attached hydrogen (secondary N) is 1. The van der Waals surface area contributed by atoms with Crippen molar-refractivity contribution in [3.05, 3.63) is 77.9 Å². The summed E-state index contributed by atoms with van der Waals surface area (Å²) in [5.41, 5.74) is 2.71. The molecule has 1 aliphatic heterocycles. The first-order valence-corrected chi connectivity index (χ1v) is 12.3. The van der Waals surface area contributed by atoms with Gasteiger partial charge in [-0.2, -0.15) is 4.31 Å². The minimum absolute atomic E-state index is 0.257. The van der Waals surface area contributed by atoms with Crippen LogP contribution in [0.2, 0.25) is 0 Å². The molecule has 0 aliphatic carbocycles. The van der Waals surface area contributed by atoms with Gasteiger partial charge in [0.2, 0.25) is 10.0 Å². The predicted molar refractivity (Wildman–Crippen MR) is 124 cm³/mol. The van der Waals surface area contributed by atoms with Crippen LogP contribution in [0.4, 0.5) is 5.69 Å². The Bertz CT molecular complexity index is 1160. The van der Waals surface area contributed by atoms with E-state index in [-0.39, 0.29) is 10.8 Å². The molecule has 1 saturated heterocycles. The third-order valence-electron chi connectivity index (χ3n) is 5.77. The molecule has 4 rings (SSSR count). The van der Waals surface area contributed by atoms with E-state index in [2.05, 4.69) is 10.3 Å². The lowest BCUT2D eigenvalue weighted by Gasteiger charge is -2.21. The summed E-state index contributed by atoms with van der Waals surface area (Å²) >= 11 is 0. The van der Waals surface area contributed by atoms with Crippen LogP contribution in [0.1, 0.15) is 47.2 Å². The number of hydrogen-bond donors (Lipinski definition) is 1. The summed E-state index contributed by atoms with van der Waals surface area (Å²) in [6, 6.07) is 12.4. The standard InChI is InChI=1S/C24H28N4O3S/c1-19-6-11-22(16-23(19)32(30,31)28-13-4-2-3-5-14-28)26-24(29)21-9-7-20(8-10-21)17-27-15-12-25-18-27/h6-12,15-16,18H,2-5,13-14,17H2,1H3,(H,26,29). The summed E-state index contributed by atoms with van der Waals surface area (Å²) in [7, 11) is -3.59. The van der Waals surface area contributed by atoms with E-state index in [1.165, 1.54) is 0 Å². The maximum absolute atomic E-state index is 13.2. The van der Waals surface area contributed by atoms with Crippen molar-refractivity contribution in [3.63, 3.8) is 0 Å². The fourth-order valence-electron chi connectivity index (χ4n) is 3.93. The van der Waals surface area contributed by atoms with Crippen LogP contribution in [0, 0.1) is 6.92 Å². The number of carbonyl (C=O) groups is 1. The Morgan fingerprint density at radius 2 is 1.75 bits per heavy atom. The molecule has 0 radical (unpaired) electrons. The fraction of sp³-hybridized carbons (Fsp3) is 0.333. The van der Waals surface area contributed by atoms with Crippen molar-refractivity contribution in [1.29, 1.82) is 0 Å². The molecule has 1 N–H and O–H groups in total. The SMILES string of the molecule is Cc1ccc(NC(=O)c2ccc(Cn3ccnc3)cc2)cc1S(=O)(=O)N1CCCCCC1. The van der Waals surface area contributed by atoms with Gasteiger partial charge in [-0.25, -0.2) is 13.4 Å². The average molecular weight is 453 g/mol. The Kier molecular flexibility index (Phi) is 6.72. The number of nitrogens with zero attached hydrogens (tertiary/aromatic N) is 3. The van der Waals surface area contributed by atoms with Gasteiger partial charge < -0.3 is 9.88 Å². The van der Waals surface area contributed by atoms with Crippen LogP contribution in [-0.4, -0.2) is 41.3 Å².